The molecule has 18 heavy (non-hydrogen) atoms. The first-order valence-electron chi connectivity index (χ1n) is 6.17. The number of aromatic nitrogens is 1. The van der Waals surface area contributed by atoms with E-state index in [1.54, 1.807) is 6.20 Å². The van der Waals surface area contributed by atoms with Gasteiger partial charge in [0, 0.05) is 6.54 Å². The normalized spacial score (nSPS) is 14.3. The highest BCUT2D eigenvalue weighted by Crippen LogP contribution is 2.27. The van der Waals surface area contributed by atoms with Crippen molar-refractivity contribution in [3.05, 3.63) is 47.2 Å². The van der Waals surface area contributed by atoms with Gasteiger partial charge in [0.05, 0.1) is 6.20 Å². The van der Waals surface area contributed by atoms with E-state index in [2.05, 4.69) is 23.3 Å². The summed E-state index contributed by atoms with van der Waals surface area (Å²) >= 11 is 0. The molecule has 0 spiro atoms. The summed E-state index contributed by atoms with van der Waals surface area (Å²) in [6.07, 6.45) is 4.17. The van der Waals surface area contributed by atoms with E-state index in [-0.39, 0.29) is 0 Å². The molecule has 0 amide bonds. The molecule has 1 aliphatic rings. The fourth-order valence-electron chi connectivity index (χ4n) is 2.36. The van der Waals surface area contributed by atoms with E-state index in [1.807, 2.05) is 6.07 Å². The molecule has 2 aromatic rings. The van der Waals surface area contributed by atoms with Crippen molar-refractivity contribution < 1.29 is 9.15 Å². The van der Waals surface area contributed by atoms with Gasteiger partial charge in [0.2, 0.25) is 0 Å². The predicted octanol–water partition coefficient (Wildman–Crippen LogP) is 2.21. The molecular formula is C14H16N2O2. The third-order valence-electron chi connectivity index (χ3n) is 3.37. The fraction of sp³-hybridized carbons (Fsp3) is 0.357. The number of oxazole rings is 1. The minimum Gasteiger partial charge on any atom is -0.485 e. The molecule has 0 radical (unpaired) electrons. The van der Waals surface area contributed by atoms with Crippen molar-refractivity contribution in [2.45, 2.75) is 26.5 Å². The van der Waals surface area contributed by atoms with Gasteiger partial charge in [-0.15, -0.1) is 0 Å². The van der Waals surface area contributed by atoms with Crippen molar-refractivity contribution in [2.75, 3.05) is 6.54 Å². The Hall–Kier alpha value is -1.81. The van der Waals surface area contributed by atoms with Gasteiger partial charge in [-0.3, -0.25) is 0 Å². The molecule has 94 valence electrons. The molecule has 2 heterocycles. The summed E-state index contributed by atoms with van der Waals surface area (Å²) < 4.78 is 11.0. The average molecular weight is 244 g/mol. The maximum atomic E-state index is 5.79. The predicted molar refractivity (Wildman–Crippen MR) is 67.4 cm³/mol. The summed E-state index contributed by atoms with van der Waals surface area (Å²) in [5, 5.41) is 3.38. The smallest absolute Gasteiger partial charge is 0.181 e. The van der Waals surface area contributed by atoms with Crippen LogP contribution in [0.15, 0.2) is 29.1 Å². The minimum absolute atomic E-state index is 0.428. The Balaban J connectivity index is 1.80. The third kappa shape index (κ3) is 2.11. The standard InChI is InChI=1S/C14H16N2O2/c1-10-13-4-5-15-6-11(13)2-3-14(10)17-8-12-7-16-9-18-12/h2-3,7,9,15H,4-6,8H2,1H3. The number of hydrogen-bond acceptors (Lipinski definition) is 4. The van der Waals surface area contributed by atoms with Gasteiger partial charge in [0.1, 0.15) is 12.4 Å². The second-order valence-electron chi connectivity index (χ2n) is 4.51. The molecule has 0 saturated heterocycles. The molecular weight excluding hydrogens is 228 g/mol. The van der Waals surface area contributed by atoms with Crippen molar-refractivity contribution in [3.8, 4) is 5.75 Å². The van der Waals surface area contributed by atoms with Crippen molar-refractivity contribution in [1.29, 1.82) is 0 Å². The number of hydrogen-bond donors (Lipinski definition) is 1. The van der Waals surface area contributed by atoms with E-state index in [1.165, 1.54) is 23.1 Å². The number of rotatable bonds is 3. The summed E-state index contributed by atoms with van der Waals surface area (Å²) in [6, 6.07) is 4.18. The molecule has 0 unspecified atom stereocenters. The molecule has 0 fully saturated rings. The molecule has 1 aromatic carbocycles. The summed E-state index contributed by atoms with van der Waals surface area (Å²) in [4.78, 5) is 3.87. The fourth-order valence-corrected chi connectivity index (χ4v) is 2.36. The van der Waals surface area contributed by atoms with Gasteiger partial charge in [-0.2, -0.15) is 0 Å². The monoisotopic (exact) mass is 244 g/mol. The molecule has 0 aliphatic carbocycles. The first-order valence-corrected chi connectivity index (χ1v) is 6.17. The second-order valence-corrected chi connectivity index (χ2v) is 4.51. The van der Waals surface area contributed by atoms with E-state index >= 15 is 0 Å². The van der Waals surface area contributed by atoms with Gasteiger partial charge in [-0.05, 0) is 42.6 Å². The summed E-state index contributed by atoms with van der Waals surface area (Å²) in [7, 11) is 0. The molecule has 1 N–H and O–H groups in total. The highest BCUT2D eigenvalue weighted by Gasteiger charge is 2.14. The quantitative estimate of drug-likeness (QED) is 0.899. The van der Waals surface area contributed by atoms with Crippen molar-refractivity contribution in [3.63, 3.8) is 0 Å². The Morgan fingerprint density at radius 3 is 3.22 bits per heavy atom. The van der Waals surface area contributed by atoms with Crippen LogP contribution < -0.4 is 10.1 Å². The van der Waals surface area contributed by atoms with Crippen LogP contribution in [0.4, 0.5) is 0 Å². The van der Waals surface area contributed by atoms with Crippen molar-refractivity contribution in [1.82, 2.24) is 10.3 Å². The maximum Gasteiger partial charge on any atom is 0.181 e. The van der Waals surface area contributed by atoms with E-state index in [4.69, 9.17) is 9.15 Å². The van der Waals surface area contributed by atoms with Crippen molar-refractivity contribution in [2.24, 2.45) is 0 Å². The first-order chi connectivity index (χ1) is 8.84. The van der Waals surface area contributed by atoms with Crippen LogP contribution in [0.3, 0.4) is 0 Å². The van der Waals surface area contributed by atoms with Gasteiger partial charge >= 0.3 is 0 Å². The minimum atomic E-state index is 0.428. The zero-order valence-corrected chi connectivity index (χ0v) is 10.4. The Bertz CT molecular complexity index is 535. The molecule has 1 aliphatic heterocycles. The van der Waals surface area contributed by atoms with Crippen LogP contribution in [0.25, 0.3) is 0 Å². The summed E-state index contributed by atoms with van der Waals surface area (Å²) in [6.45, 7) is 4.55. The first kappa shape index (κ1) is 11.3. The van der Waals surface area contributed by atoms with Crippen LogP contribution in [-0.4, -0.2) is 11.5 Å². The van der Waals surface area contributed by atoms with E-state index in [0.29, 0.717) is 6.61 Å². The lowest BCUT2D eigenvalue weighted by molar-refractivity contribution is 0.268. The Morgan fingerprint density at radius 1 is 1.44 bits per heavy atom. The number of nitrogens with one attached hydrogen (secondary N) is 1. The van der Waals surface area contributed by atoms with Gasteiger partial charge < -0.3 is 14.5 Å². The molecule has 1 aromatic heterocycles. The van der Waals surface area contributed by atoms with Crippen LogP contribution in [0, 0.1) is 6.92 Å². The largest absolute Gasteiger partial charge is 0.485 e. The van der Waals surface area contributed by atoms with Gasteiger partial charge in [-0.1, -0.05) is 6.07 Å². The van der Waals surface area contributed by atoms with Crippen molar-refractivity contribution >= 4 is 0 Å². The Kier molecular flexibility index (Phi) is 3.02. The lowest BCUT2D eigenvalue weighted by Crippen LogP contribution is -2.24. The van der Waals surface area contributed by atoms with E-state index in [0.717, 1.165) is 31.0 Å². The second kappa shape index (κ2) is 4.82. The number of ether oxygens (including phenoxy) is 1. The molecule has 4 nitrogen and oxygen atoms in total. The zero-order valence-electron chi connectivity index (χ0n) is 10.4. The van der Waals surface area contributed by atoms with Gasteiger partial charge in [-0.25, -0.2) is 4.98 Å². The average Bonchev–Trinajstić information content (AvgIpc) is 2.91. The van der Waals surface area contributed by atoms with E-state index < -0.39 is 0 Å². The van der Waals surface area contributed by atoms with Crippen LogP contribution in [0.5, 0.6) is 5.75 Å². The van der Waals surface area contributed by atoms with Crippen LogP contribution in [0.1, 0.15) is 22.5 Å². The SMILES string of the molecule is Cc1c(OCc2cnco2)ccc2c1CCNC2. The molecule has 0 atom stereocenters. The Morgan fingerprint density at radius 2 is 2.39 bits per heavy atom. The maximum absolute atomic E-state index is 5.79. The molecule has 0 bridgehead atoms. The van der Waals surface area contributed by atoms with Crippen LogP contribution >= 0.6 is 0 Å². The van der Waals surface area contributed by atoms with E-state index in [9.17, 15) is 0 Å². The summed E-state index contributed by atoms with van der Waals surface area (Å²) in [5.74, 6) is 1.68. The number of benzene rings is 1. The molecule has 4 heteroatoms. The lowest BCUT2D eigenvalue weighted by Gasteiger charge is -2.21. The van der Waals surface area contributed by atoms with Gasteiger partial charge in [0.15, 0.2) is 12.2 Å². The van der Waals surface area contributed by atoms with Gasteiger partial charge in [0.25, 0.3) is 0 Å². The summed E-state index contributed by atoms with van der Waals surface area (Å²) in [5.41, 5.74) is 4.04. The highest BCUT2D eigenvalue weighted by atomic mass is 16.5. The van der Waals surface area contributed by atoms with Crippen LogP contribution in [-0.2, 0) is 19.6 Å². The number of nitrogens with zero attached hydrogens (tertiary/aromatic N) is 1. The number of fused-ring (bicyclic) bond motifs is 1. The zero-order chi connectivity index (χ0) is 12.4. The third-order valence-corrected chi connectivity index (χ3v) is 3.37. The molecule has 0 saturated carbocycles. The highest BCUT2D eigenvalue weighted by molar-refractivity contribution is 5.45. The van der Waals surface area contributed by atoms with Crippen LogP contribution in [0.2, 0.25) is 0 Å². The Labute approximate surface area is 106 Å². The molecule has 3 rings (SSSR count). The lowest BCUT2D eigenvalue weighted by atomic mass is 9.95. The topological polar surface area (TPSA) is 47.3 Å².